The minimum atomic E-state index is -0.764. The smallest absolute Gasteiger partial charge is 0.330 e. The Balaban J connectivity index is 1.94. The molecule has 3 aromatic rings. The minimum absolute atomic E-state index is 0.0576. The van der Waals surface area contributed by atoms with E-state index in [2.05, 4.69) is 10.3 Å². The highest BCUT2D eigenvalue weighted by Crippen LogP contribution is 2.21. The van der Waals surface area contributed by atoms with Gasteiger partial charge in [0.1, 0.15) is 11.6 Å². The number of nitrogens with two attached hydrogens (primary N) is 1. The van der Waals surface area contributed by atoms with Crippen molar-refractivity contribution in [2.45, 2.75) is 26.3 Å². The van der Waals surface area contributed by atoms with Crippen LogP contribution in [0.4, 0.5) is 21.6 Å². The van der Waals surface area contributed by atoms with Crippen molar-refractivity contribution in [1.29, 1.82) is 0 Å². The van der Waals surface area contributed by atoms with Crippen molar-refractivity contribution in [3.8, 4) is 0 Å². The fourth-order valence-electron chi connectivity index (χ4n) is 3.34. The number of aromatic amines is 1. The quantitative estimate of drug-likeness (QED) is 0.441. The molecule has 0 aliphatic carbocycles. The van der Waals surface area contributed by atoms with Crippen molar-refractivity contribution in [3.63, 3.8) is 0 Å². The molecule has 1 aromatic heterocycles. The first-order valence-corrected chi connectivity index (χ1v) is 10.9. The van der Waals surface area contributed by atoms with E-state index in [1.165, 1.54) is 27.7 Å². The highest BCUT2D eigenvalue weighted by atomic mass is 35.5. The predicted octanol–water partition coefficient (Wildman–Crippen LogP) is 3.20. The van der Waals surface area contributed by atoms with Crippen molar-refractivity contribution in [2.75, 3.05) is 29.0 Å². The molecule has 1 amide bonds. The summed E-state index contributed by atoms with van der Waals surface area (Å²) in [6, 6.07) is 13.1. The summed E-state index contributed by atoms with van der Waals surface area (Å²) in [4.78, 5) is 41.7. The van der Waals surface area contributed by atoms with Crippen LogP contribution in [0.2, 0.25) is 5.02 Å². The number of halogens is 2. The third-order valence-electron chi connectivity index (χ3n) is 5.06. The lowest BCUT2D eigenvalue weighted by Gasteiger charge is -2.25. The second-order valence-electron chi connectivity index (χ2n) is 7.44. The summed E-state index contributed by atoms with van der Waals surface area (Å²) in [5.74, 6) is -1.20. The number of amides is 1. The molecule has 0 fully saturated rings. The fourth-order valence-corrected chi connectivity index (χ4v) is 3.51. The number of carbonyl (C=O) groups excluding carboxylic acids is 1. The fraction of sp³-hybridized carbons (Fsp3) is 0.261. The number of nitrogens with zero attached hydrogens (tertiary/aromatic N) is 2. The summed E-state index contributed by atoms with van der Waals surface area (Å²) in [6.07, 6.45) is 1.34. The first kappa shape index (κ1) is 24.1. The summed E-state index contributed by atoms with van der Waals surface area (Å²) in [5.41, 5.74) is 5.55. The van der Waals surface area contributed by atoms with Crippen LogP contribution in [-0.4, -0.2) is 28.5 Å². The van der Waals surface area contributed by atoms with Gasteiger partial charge >= 0.3 is 5.69 Å². The Morgan fingerprint density at radius 3 is 2.64 bits per heavy atom. The SMILES string of the molecule is CCCCN(C(=O)CNc1cc(Cl)ccc1F)c1c(N)n(Cc2ccccc2)c(=O)[nH]c1=O. The molecule has 1 heterocycles. The number of aromatic nitrogens is 2. The first-order chi connectivity index (χ1) is 15.8. The normalized spacial score (nSPS) is 10.8. The molecule has 10 heteroatoms. The molecule has 0 spiro atoms. The van der Waals surface area contributed by atoms with Crippen molar-refractivity contribution in [1.82, 2.24) is 9.55 Å². The van der Waals surface area contributed by atoms with Crippen LogP contribution in [0, 0.1) is 5.82 Å². The van der Waals surface area contributed by atoms with E-state index in [0.29, 0.717) is 11.4 Å². The molecular weight excluding hydrogens is 449 g/mol. The van der Waals surface area contributed by atoms with Crippen LogP contribution in [0.15, 0.2) is 58.1 Å². The topological polar surface area (TPSA) is 113 Å². The lowest BCUT2D eigenvalue weighted by Crippen LogP contribution is -2.43. The van der Waals surface area contributed by atoms with Crippen LogP contribution in [0.5, 0.6) is 0 Å². The Morgan fingerprint density at radius 1 is 1.21 bits per heavy atom. The van der Waals surface area contributed by atoms with Crippen LogP contribution in [0.1, 0.15) is 25.3 Å². The lowest BCUT2D eigenvalue weighted by atomic mass is 10.2. The van der Waals surface area contributed by atoms with Gasteiger partial charge in [0, 0.05) is 11.6 Å². The van der Waals surface area contributed by atoms with Crippen LogP contribution >= 0.6 is 11.6 Å². The van der Waals surface area contributed by atoms with Gasteiger partial charge < -0.3 is 16.0 Å². The third kappa shape index (κ3) is 5.81. The van der Waals surface area contributed by atoms with Gasteiger partial charge in [0.2, 0.25) is 5.91 Å². The molecule has 3 rings (SSSR count). The standard InChI is InChI=1S/C23H25ClFN5O3/c1-2-3-11-29(19(31)13-27-18-12-16(24)9-10-17(18)25)20-21(26)30(23(33)28-22(20)32)14-15-7-5-4-6-8-15/h4-10,12,27H,2-3,11,13-14,26H2,1H3,(H,28,32,33). The maximum Gasteiger partial charge on any atom is 0.330 e. The molecule has 33 heavy (non-hydrogen) atoms. The predicted molar refractivity (Wildman–Crippen MR) is 128 cm³/mol. The third-order valence-corrected chi connectivity index (χ3v) is 5.30. The van der Waals surface area contributed by atoms with E-state index in [1.807, 2.05) is 37.3 Å². The molecule has 0 radical (unpaired) electrons. The maximum absolute atomic E-state index is 14.0. The van der Waals surface area contributed by atoms with Crippen molar-refractivity contribution < 1.29 is 9.18 Å². The second-order valence-corrected chi connectivity index (χ2v) is 7.88. The monoisotopic (exact) mass is 473 g/mol. The van der Waals surface area contributed by atoms with Gasteiger partial charge in [-0.1, -0.05) is 55.3 Å². The van der Waals surface area contributed by atoms with Gasteiger partial charge in [0.15, 0.2) is 5.69 Å². The zero-order valence-electron chi connectivity index (χ0n) is 18.1. The average molecular weight is 474 g/mol. The number of nitrogen functional groups attached to an aromatic ring is 1. The van der Waals surface area contributed by atoms with Crippen molar-refractivity contribution >= 4 is 34.7 Å². The van der Waals surface area contributed by atoms with E-state index in [4.69, 9.17) is 17.3 Å². The Hall–Kier alpha value is -3.59. The number of benzene rings is 2. The van der Waals surface area contributed by atoms with Gasteiger partial charge in [-0.3, -0.25) is 19.1 Å². The van der Waals surface area contributed by atoms with Crippen LogP contribution in [0.3, 0.4) is 0 Å². The largest absolute Gasteiger partial charge is 0.383 e. The molecule has 0 atom stereocenters. The number of carbonyl (C=O) groups is 1. The molecule has 0 bridgehead atoms. The highest BCUT2D eigenvalue weighted by Gasteiger charge is 2.24. The number of rotatable bonds is 9. The Labute approximate surface area is 194 Å². The molecule has 4 N–H and O–H groups in total. The van der Waals surface area contributed by atoms with E-state index in [0.717, 1.165) is 12.0 Å². The Kier molecular flexibility index (Phi) is 7.89. The summed E-state index contributed by atoms with van der Waals surface area (Å²) in [6.45, 7) is 1.95. The van der Waals surface area contributed by atoms with Gasteiger partial charge in [0.25, 0.3) is 5.56 Å². The molecule has 174 valence electrons. The molecule has 0 aliphatic rings. The summed E-state index contributed by atoms with van der Waals surface area (Å²) < 4.78 is 15.2. The first-order valence-electron chi connectivity index (χ1n) is 10.5. The molecule has 8 nitrogen and oxygen atoms in total. The van der Waals surface area contributed by atoms with Crippen molar-refractivity contribution in [2.24, 2.45) is 0 Å². The molecular formula is C23H25ClFN5O3. The number of anilines is 3. The minimum Gasteiger partial charge on any atom is -0.383 e. The van der Waals surface area contributed by atoms with Gasteiger partial charge in [-0.2, -0.15) is 0 Å². The number of H-pyrrole nitrogens is 1. The zero-order chi connectivity index (χ0) is 24.0. The van der Waals surface area contributed by atoms with E-state index < -0.39 is 23.0 Å². The van der Waals surface area contributed by atoms with Crippen LogP contribution < -0.4 is 27.2 Å². The molecule has 0 saturated carbocycles. The van der Waals surface area contributed by atoms with Crippen molar-refractivity contribution in [3.05, 3.63) is 85.8 Å². The molecule has 0 saturated heterocycles. The average Bonchev–Trinajstić information content (AvgIpc) is 2.79. The van der Waals surface area contributed by atoms with E-state index in [9.17, 15) is 18.8 Å². The molecule has 0 aliphatic heterocycles. The lowest BCUT2D eigenvalue weighted by molar-refractivity contribution is -0.117. The van der Waals surface area contributed by atoms with Gasteiger partial charge in [0.05, 0.1) is 18.8 Å². The zero-order valence-corrected chi connectivity index (χ0v) is 18.9. The van der Waals surface area contributed by atoms with E-state index >= 15 is 0 Å². The molecule has 0 unspecified atom stereocenters. The number of hydrogen-bond acceptors (Lipinski definition) is 5. The van der Waals surface area contributed by atoms with Gasteiger partial charge in [-0.25, -0.2) is 9.18 Å². The summed E-state index contributed by atoms with van der Waals surface area (Å²) in [7, 11) is 0. The Morgan fingerprint density at radius 2 is 1.94 bits per heavy atom. The maximum atomic E-state index is 14.0. The second kappa shape index (κ2) is 10.8. The summed E-state index contributed by atoms with van der Waals surface area (Å²) >= 11 is 5.90. The van der Waals surface area contributed by atoms with E-state index in [-0.39, 0.29) is 36.8 Å². The van der Waals surface area contributed by atoms with Gasteiger partial charge in [-0.15, -0.1) is 0 Å². The van der Waals surface area contributed by atoms with Crippen LogP contribution in [0.25, 0.3) is 0 Å². The highest BCUT2D eigenvalue weighted by molar-refractivity contribution is 6.30. The molecule has 2 aromatic carbocycles. The van der Waals surface area contributed by atoms with E-state index in [1.54, 1.807) is 0 Å². The Bertz CT molecular complexity index is 1240. The number of nitrogens with one attached hydrogen (secondary N) is 2. The number of unbranched alkanes of at least 4 members (excludes halogenated alkanes) is 1. The van der Waals surface area contributed by atoms with Crippen LogP contribution in [-0.2, 0) is 11.3 Å². The number of hydrogen-bond donors (Lipinski definition) is 3. The summed E-state index contributed by atoms with van der Waals surface area (Å²) in [5, 5.41) is 3.02. The van der Waals surface area contributed by atoms with Gasteiger partial charge in [-0.05, 0) is 30.2 Å².